The largest absolute Gasteiger partial charge is 0.206 e. The van der Waals surface area contributed by atoms with E-state index in [2.05, 4.69) is 20.9 Å². The quantitative estimate of drug-likeness (QED) is 0.424. The summed E-state index contributed by atoms with van der Waals surface area (Å²) in [5.41, 5.74) is 0. The molecular weight excluding hydrogens is 126 g/mol. The molecule has 0 aromatic rings. The van der Waals surface area contributed by atoms with Crippen LogP contribution in [0.15, 0.2) is 0 Å². The van der Waals surface area contributed by atoms with Crippen LogP contribution in [0.2, 0.25) is 0 Å². The van der Waals surface area contributed by atoms with Crippen LogP contribution in [0, 0.1) is 0 Å². The molecule has 0 aromatic carbocycles. The fraction of sp³-hybridized carbons (Fsp3) is 1.00. The molecule has 2 heteroatoms. The average Bonchev–Trinajstić information content (AvgIpc) is 2.00. The Bertz CT molecular complexity index is 79.3. The molecule has 0 aliphatic carbocycles. The Kier molecular flexibility index (Phi) is 4.65. The number of hydrogen-bond donors (Lipinski definition) is 0. The highest BCUT2D eigenvalue weighted by atomic mass is 16.7. The van der Waals surface area contributed by atoms with Crippen molar-refractivity contribution in [3.63, 3.8) is 0 Å². The molecule has 0 rings (SSSR count). The molecule has 0 aliphatic rings. The Hall–Kier alpha value is -0.0800. The molecule has 0 heterocycles. The van der Waals surface area contributed by atoms with Crippen LogP contribution in [0.4, 0.5) is 0 Å². The van der Waals surface area contributed by atoms with Crippen LogP contribution in [-0.2, 0) is 4.84 Å². The molecule has 0 amide bonds. The van der Waals surface area contributed by atoms with E-state index in [0.29, 0.717) is 0 Å². The standard InChI is InChI=1S/C8H20NO/c1-5-7-8-9(3,6-2)10-4/h5-8H2,1-4H3/q+1. The van der Waals surface area contributed by atoms with Gasteiger partial charge >= 0.3 is 0 Å². The lowest BCUT2D eigenvalue weighted by Gasteiger charge is -2.28. The van der Waals surface area contributed by atoms with Crippen molar-refractivity contribution in [1.29, 1.82) is 0 Å². The van der Waals surface area contributed by atoms with Crippen molar-refractivity contribution >= 4 is 0 Å². The normalized spacial score (nSPS) is 16.8. The number of nitrogens with zero attached hydrogens (tertiary/aromatic N) is 1. The van der Waals surface area contributed by atoms with Gasteiger partial charge in [-0.2, -0.15) is 4.65 Å². The molecule has 1 atom stereocenters. The highest BCUT2D eigenvalue weighted by Gasteiger charge is 2.17. The highest BCUT2D eigenvalue weighted by molar-refractivity contribution is 4.29. The van der Waals surface area contributed by atoms with Crippen molar-refractivity contribution < 1.29 is 9.48 Å². The minimum absolute atomic E-state index is 0.744. The minimum Gasteiger partial charge on any atom is -0.206 e. The molecule has 0 radical (unpaired) electrons. The third-order valence-corrected chi connectivity index (χ3v) is 2.09. The van der Waals surface area contributed by atoms with E-state index in [1.165, 1.54) is 12.8 Å². The second-order valence-electron chi connectivity index (χ2n) is 2.87. The fourth-order valence-electron chi connectivity index (χ4n) is 0.871. The summed E-state index contributed by atoms with van der Waals surface area (Å²) in [4.78, 5) is 5.33. The fourth-order valence-corrected chi connectivity index (χ4v) is 0.871. The first-order chi connectivity index (χ1) is 4.68. The Morgan fingerprint density at radius 2 is 1.90 bits per heavy atom. The Labute approximate surface area is 64.3 Å². The molecule has 0 aromatic heterocycles. The van der Waals surface area contributed by atoms with E-state index in [4.69, 9.17) is 4.84 Å². The maximum atomic E-state index is 5.33. The van der Waals surface area contributed by atoms with Crippen molar-refractivity contribution in [2.24, 2.45) is 0 Å². The SMILES string of the molecule is CCCC[N+](C)(CC)OC. The van der Waals surface area contributed by atoms with E-state index in [0.717, 1.165) is 17.7 Å². The van der Waals surface area contributed by atoms with Crippen molar-refractivity contribution in [3.8, 4) is 0 Å². The zero-order chi connectivity index (χ0) is 8.04. The van der Waals surface area contributed by atoms with Crippen LogP contribution < -0.4 is 0 Å². The summed E-state index contributed by atoms with van der Waals surface area (Å²) in [6.45, 7) is 6.54. The first-order valence-corrected chi connectivity index (χ1v) is 4.08. The van der Waals surface area contributed by atoms with Gasteiger partial charge in [0.15, 0.2) is 0 Å². The lowest BCUT2D eigenvalue weighted by Crippen LogP contribution is -2.43. The zero-order valence-corrected chi connectivity index (χ0v) is 7.68. The van der Waals surface area contributed by atoms with Gasteiger partial charge in [-0.05, 0) is 13.3 Å². The van der Waals surface area contributed by atoms with Gasteiger partial charge in [-0.1, -0.05) is 13.3 Å². The zero-order valence-electron chi connectivity index (χ0n) is 7.68. The summed E-state index contributed by atoms with van der Waals surface area (Å²) in [7, 11) is 3.90. The highest BCUT2D eigenvalue weighted by Crippen LogP contribution is 2.04. The topological polar surface area (TPSA) is 9.23 Å². The summed E-state index contributed by atoms with van der Waals surface area (Å²) in [6.07, 6.45) is 2.50. The van der Waals surface area contributed by atoms with Crippen LogP contribution in [0.1, 0.15) is 26.7 Å². The Balaban J connectivity index is 3.58. The van der Waals surface area contributed by atoms with Crippen molar-refractivity contribution in [3.05, 3.63) is 0 Å². The maximum Gasteiger partial charge on any atom is 0.109 e. The van der Waals surface area contributed by atoms with E-state index >= 15 is 0 Å². The molecule has 0 saturated carbocycles. The molecule has 0 spiro atoms. The van der Waals surface area contributed by atoms with Crippen molar-refractivity contribution in [2.75, 3.05) is 27.2 Å². The van der Waals surface area contributed by atoms with Crippen molar-refractivity contribution in [2.45, 2.75) is 26.7 Å². The minimum atomic E-state index is 0.744. The predicted molar refractivity (Wildman–Crippen MR) is 43.5 cm³/mol. The summed E-state index contributed by atoms with van der Waals surface area (Å²) < 4.78 is 0.744. The molecule has 10 heavy (non-hydrogen) atoms. The molecule has 2 nitrogen and oxygen atoms in total. The van der Waals surface area contributed by atoms with Crippen LogP contribution in [-0.4, -0.2) is 31.9 Å². The second-order valence-corrected chi connectivity index (χ2v) is 2.87. The monoisotopic (exact) mass is 146 g/mol. The maximum absolute atomic E-state index is 5.33. The molecule has 0 saturated heterocycles. The van der Waals surface area contributed by atoms with E-state index in [-0.39, 0.29) is 0 Å². The van der Waals surface area contributed by atoms with Gasteiger partial charge in [-0.15, -0.1) is 0 Å². The van der Waals surface area contributed by atoms with Gasteiger partial charge in [0.25, 0.3) is 0 Å². The molecule has 62 valence electrons. The summed E-state index contributed by atoms with van der Waals surface area (Å²) >= 11 is 0. The smallest absolute Gasteiger partial charge is 0.109 e. The molecular formula is C8H20NO+. The predicted octanol–water partition coefficient (Wildman–Crippen LogP) is 1.81. The lowest BCUT2D eigenvalue weighted by molar-refractivity contribution is -1.09. The number of hydroxylamine groups is 3. The number of quaternary nitrogens is 1. The third kappa shape index (κ3) is 3.18. The Morgan fingerprint density at radius 1 is 1.30 bits per heavy atom. The summed E-state index contributed by atoms with van der Waals surface area (Å²) in [5.74, 6) is 0. The summed E-state index contributed by atoms with van der Waals surface area (Å²) in [6, 6.07) is 0. The van der Waals surface area contributed by atoms with E-state index in [1.807, 2.05) is 0 Å². The van der Waals surface area contributed by atoms with Crippen LogP contribution in [0.5, 0.6) is 0 Å². The van der Waals surface area contributed by atoms with Gasteiger partial charge in [0.2, 0.25) is 0 Å². The molecule has 0 bridgehead atoms. The first kappa shape index (κ1) is 9.92. The number of unbranched alkanes of at least 4 members (excludes halogenated alkanes) is 1. The van der Waals surface area contributed by atoms with Gasteiger partial charge < -0.3 is 0 Å². The van der Waals surface area contributed by atoms with Crippen molar-refractivity contribution in [1.82, 2.24) is 0 Å². The number of rotatable bonds is 5. The van der Waals surface area contributed by atoms with Crippen LogP contribution in [0.3, 0.4) is 0 Å². The van der Waals surface area contributed by atoms with Gasteiger partial charge in [0.1, 0.15) is 13.1 Å². The van der Waals surface area contributed by atoms with Crippen LogP contribution >= 0.6 is 0 Å². The van der Waals surface area contributed by atoms with Gasteiger partial charge in [-0.25, -0.2) is 4.84 Å². The lowest BCUT2D eigenvalue weighted by atomic mass is 10.3. The second kappa shape index (κ2) is 4.69. The van der Waals surface area contributed by atoms with Gasteiger partial charge in [0.05, 0.1) is 14.2 Å². The van der Waals surface area contributed by atoms with E-state index < -0.39 is 0 Å². The number of hydrogen-bond acceptors (Lipinski definition) is 1. The van der Waals surface area contributed by atoms with E-state index in [1.54, 1.807) is 7.11 Å². The van der Waals surface area contributed by atoms with E-state index in [9.17, 15) is 0 Å². The van der Waals surface area contributed by atoms with Gasteiger partial charge in [-0.3, -0.25) is 0 Å². The van der Waals surface area contributed by atoms with Gasteiger partial charge in [0, 0.05) is 0 Å². The first-order valence-electron chi connectivity index (χ1n) is 4.08. The molecule has 0 N–H and O–H groups in total. The molecule has 0 aliphatic heterocycles. The van der Waals surface area contributed by atoms with Crippen LogP contribution in [0.25, 0.3) is 0 Å². The Morgan fingerprint density at radius 3 is 2.20 bits per heavy atom. The third-order valence-electron chi connectivity index (χ3n) is 2.09. The summed E-state index contributed by atoms with van der Waals surface area (Å²) in [5, 5.41) is 0. The average molecular weight is 146 g/mol. The molecule has 0 fully saturated rings. The molecule has 1 unspecified atom stereocenters.